The second kappa shape index (κ2) is 5.24. The van der Waals surface area contributed by atoms with Gasteiger partial charge in [0, 0.05) is 6.54 Å². The summed E-state index contributed by atoms with van der Waals surface area (Å²) in [7, 11) is 1.51. The topological polar surface area (TPSA) is 95.9 Å². The zero-order chi connectivity index (χ0) is 14.9. The van der Waals surface area contributed by atoms with Gasteiger partial charge in [-0.3, -0.25) is 4.79 Å². The van der Waals surface area contributed by atoms with Crippen molar-refractivity contribution in [1.82, 2.24) is 19.5 Å². The average Bonchev–Trinajstić information content (AvgIpc) is 2.76. The fourth-order valence-corrected chi connectivity index (χ4v) is 2.06. The maximum atomic E-state index is 11.5. The summed E-state index contributed by atoms with van der Waals surface area (Å²) in [5.41, 5.74) is 5.76. The molecule has 108 valence electrons. The summed E-state index contributed by atoms with van der Waals surface area (Å²) < 4.78 is 6.93. The Hall–Kier alpha value is -1.89. The molecule has 0 aliphatic carbocycles. The van der Waals surface area contributed by atoms with E-state index in [-0.39, 0.29) is 5.88 Å². The summed E-state index contributed by atoms with van der Waals surface area (Å²) in [5, 5.41) is 0. The number of alkyl halides is 1. The molecule has 0 fully saturated rings. The molecule has 20 heavy (non-hydrogen) atoms. The lowest BCUT2D eigenvalue weighted by atomic mass is 9.92. The van der Waals surface area contributed by atoms with Crippen molar-refractivity contribution in [1.29, 1.82) is 0 Å². The van der Waals surface area contributed by atoms with Crippen LogP contribution in [0.15, 0.2) is 6.33 Å². The Bertz CT molecular complexity index is 653. The Morgan fingerprint density at radius 1 is 1.50 bits per heavy atom. The number of hydrogen-bond donors (Lipinski definition) is 1. The van der Waals surface area contributed by atoms with E-state index in [4.69, 9.17) is 22.1 Å². The molecule has 0 aliphatic rings. The van der Waals surface area contributed by atoms with E-state index in [2.05, 4.69) is 15.0 Å². The van der Waals surface area contributed by atoms with Gasteiger partial charge in [0.05, 0.1) is 18.4 Å². The third kappa shape index (κ3) is 2.40. The van der Waals surface area contributed by atoms with E-state index in [1.165, 1.54) is 13.4 Å². The van der Waals surface area contributed by atoms with E-state index in [0.717, 1.165) is 0 Å². The number of primary amides is 1. The van der Waals surface area contributed by atoms with Crippen LogP contribution in [0.1, 0.15) is 19.7 Å². The first kappa shape index (κ1) is 14.5. The zero-order valence-corrected chi connectivity index (χ0v) is 12.3. The molecule has 2 heterocycles. The lowest BCUT2D eigenvalue weighted by Crippen LogP contribution is -2.35. The molecular weight excluding hydrogens is 282 g/mol. The number of amides is 1. The fourth-order valence-electron chi connectivity index (χ4n) is 1.85. The molecule has 0 atom stereocenters. The van der Waals surface area contributed by atoms with Crippen molar-refractivity contribution in [3.63, 3.8) is 0 Å². The van der Waals surface area contributed by atoms with Crippen LogP contribution in [0.4, 0.5) is 0 Å². The van der Waals surface area contributed by atoms with Gasteiger partial charge in [-0.25, -0.2) is 9.97 Å². The number of hydrogen-bond acceptors (Lipinski definition) is 5. The third-order valence-electron chi connectivity index (χ3n) is 3.11. The fraction of sp³-hybridized carbons (Fsp3) is 0.500. The molecule has 0 aromatic carbocycles. The first-order valence-corrected chi connectivity index (χ1v) is 6.54. The first-order valence-electron chi connectivity index (χ1n) is 6.00. The highest BCUT2D eigenvalue weighted by atomic mass is 35.5. The van der Waals surface area contributed by atoms with Crippen molar-refractivity contribution >= 4 is 28.7 Å². The van der Waals surface area contributed by atoms with Gasteiger partial charge in [0.25, 0.3) is 0 Å². The quantitative estimate of drug-likeness (QED) is 0.833. The number of fused-ring (bicyclic) bond motifs is 1. The number of carbonyl (C=O) groups excluding carboxylic acids is 1. The number of rotatable bonds is 5. The number of aromatic nitrogens is 4. The molecule has 1 amide bonds. The van der Waals surface area contributed by atoms with E-state index in [9.17, 15) is 4.79 Å². The molecule has 0 spiro atoms. The van der Waals surface area contributed by atoms with Crippen LogP contribution in [0.25, 0.3) is 11.2 Å². The maximum absolute atomic E-state index is 11.5. The van der Waals surface area contributed by atoms with E-state index in [0.29, 0.717) is 29.4 Å². The van der Waals surface area contributed by atoms with Crippen LogP contribution >= 0.6 is 11.6 Å². The van der Waals surface area contributed by atoms with Gasteiger partial charge in [0.1, 0.15) is 12.2 Å². The number of nitrogens with two attached hydrogens (primary N) is 1. The Morgan fingerprint density at radius 3 is 2.75 bits per heavy atom. The highest BCUT2D eigenvalue weighted by molar-refractivity contribution is 6.16. The molecule has 2 rings (SSSR count). The van der Waals surface area contributed by atoms with Crippen LogP contribution in [0.5, 0.6) is 5.88 Å². The molecule has 8 heteroatoms. The average molecular weight is 298 g/mol. The van der Waals surface area contributed by atoms with Gasteiger partial charge in [-0.15, -0.1) is 11.6 Å². The molecule has 7 nitrogen and oxygen atoms in total. The molecular formula is C12H16ClN5O2. The van der Waals surface area contributed by atoms with Crippen LogP contribution in [0.3, 0.4) is 0 Å². The van der Waals surface area contributed by atoms with Gasteiger partial charge in [0.2, 0.25) is 11.8 Å². The maximum Gasteiger partial charge on any atom is 0.245 e. The summed E-state index contributed by atoms with van der Waals surface area (Å²) in [6.45, 7) is 3.86. The summed E-state index contributed by atoms with van der Waals surface area (Å²) in [4.78, 5) is 24.1. The second-order valence-electron chi connectivity index (χ2n) is 5.05. The minimum atomic E-state index is -0.743. The number of carbonyl (C=O) groups is 1. The standard InChI is InChI=1S/C12H16ClN5O2/c1-12(2,11(14)19)5-18-7(4-13)17-8-9(18)15-6-16-10(8)20-3/h6H,4-5H2,1-3H3,(H2,14,19). The van der Waals surface area contributed by atoms with E-state index in [1.807, 2.05) is 0 Å². The van der Waals surface area contributed by atoms with Crippen molar-refractivity contribution in [2.24, 2.45) is 11.1 Å². The largest absolute Gasteiger partial charge is 0.479 e. The Kier molecular flexibility index (Phi) is 3.80. The summed E-state index contributed by atoms with van der Waals surface area (Å²) in [5.74, 6) is 0.752. The second-order valence-corrected chi connectivity index (χ2v) is 5.32. The predicted octanol–water partition coefficient (Wildman–Crippen LogP) is 1.09. The molecule has 0 aliphatic heterocycles. The molecule has 0 saturated heterocycles. The molecule has 2 aromatic heterocycles. The summed E-state index contributed by atoms with van der Waals surface area (Å²) in [6, 6.07) is 0. The number of nitrogens with zero attached hydrogens (tertiary/aromatic N) is 4. The van der Waals surface area contributed by atoms with Crippen LogP contribution in [-0.4, -0.2) is 32.5 Å². The number of halogens is 1. The van der Waals surface area contributed by atoms with Crippen LogP contribution in [0, 0.1) is 5.41 Å². The summed E-state index contributed by atoms with van der Waals surface area (Å²) >= 11 is 5.92. The van der Waals surface area contributed by atoms with Gasteiger partial charge in [0.15, 0.2) is 11.2 Å². The zero-order valence-electron chi connectivity index (χ0n) is 11.6. The SMILES string of the molecule is COc1ncnc2c1nc(CCl)n2CC(C)(C)C(N)=O. The molecule has 2 N–H and O–H groups in total. The van der Waals surface area contributed by atoms with Crippen molar-refractivity contribution < 1.29 is 9.53 Å². The van der Waals surface area contributed by atoms with E-state index >= 15 is 0 Å². The van der Waals surface area contributed by atoms with Gasteiger partial charge in [-0.1, -0.05) is 0 Å². The van der Waals surface area contributed by atoms with Crippen LogP contribution in [0.2, 0.25) is 0 Å². The van der Waals surface area contributed by atoms with Gasteiger partial charge in [-0.2, -0.15) is 4.98 Å². The van der Waals surface area contributed by atoms with E-state index in [1.54, 1.807) is 18.4 Å². The first-order chi connectivity index (χ1) is 9.40. The van der Waals surface area contributed by atoms with Crippen molar-refractivity contribution in [3.8, 4) is 5.88 Å². The highest BCUT2D eigenvalue weighted by Crippen LogP contribution is 2.26. The lowest BCUT2D eigenvalue weighted by Gasteiger charge is -2.22. The molecule has 0 saturated carbocycles. The number of methoxy groups -OCH3 is 1. The molecule has 0 bridgehead atoms. The lowest BCUT2D eigenvalue weighted by molar-refractivity contribution is -0.126. The van der Waals surface area contributed by atoms with Gasteiger partial charge >= 0.3 is 0 Å². The molecule has 0 radical (unpaired) electrons. The smallest absolute Gasteiger partial charge is 0.245 e. The predicted molar refractivity (Wildman–Crippen MR) is 74.4 cm³/mol. The van der Waals surface area contributed by atoms with Crippen molar-refractivity contribution in [3.05, 3.63) is 12.2 Å². The Balaban J connectivity index is 2.60. The van der Waals surface area contributed by atoms with Gasteiger partial charge in [-0.05, 0) is 13.8 Å². The normalized spacial score (nSPS) is 11.8. The molecule has 2 aromatic rings. The van der Waals surface area contributed by atoms with Gasteiger partial charge < -0.3 is 15.0 Å². The molecule has 0 unspecified atom stereocenters. The minimum Gasteiger partial charge on any atom is -0.479 e. The van der Waals surface area contributed by atoms with E-state index < -0.39 is 11.3 Å². The Morgan fingerprint density at radius 2 is 2.20 bits per heavy atom. The van der Waals surface area contributed by atoms with Crippen LogP contribution < -0.4 is 10.5 Å². The minimum absolute atomic E-state index is 0.189. The summed E-state index contributed by atoms with van der Waals surface area (Å²) in [6.07, 6.45) is 1.38. The van der Waals surface area contributed by atoms with Crippen LogP contribution in [-0.2, 0) is 17.2 Å². The third-order valence-corrected chi connectivity index (χ3v) is 3.35. The Labute approximate surface area is 121 Å². The monoisotopic (exact) mass is 297 g/mol. The number of ether oxygens (including phenoxy) is 1. The van der Waals surface area contributed by atoms with Crippen molar-refractivity contribution in [2.75, 3.05) is 7.11 Å². The number of imidazole rings is 1. The van der Waals surface area contributed by atoms with Crippen molar-refractivity contribution in [2.45, 2.75) is 26.3 Å². The highest BCUT2D eigenvalue weighted by Gasteiger charge is 2.28.